The van der Waals surface area contributed by atoms with Gasteiger partial charge >= 0.3 is 5.97 Å². The number of rotatable bonds is 5. The van der Waals surface area contributed by atoms with Crippen molar-refractivity contribution in [2.24, 2.45) is 5.92 Å². The van der Waals surface area contributed by atoms with Gasteiger partial charge in [0.05, 0.1) is 6.33 Å². The van der Waals surface area contributed by atoms with Crippen LogP contribution in [0.25, 0.3) is 0 Å². The summed E-state index contributed by atoms with van der Waals surface area (Å²) in [7, 11) is 0. The molecule has 7 nitrogen and oxygen atoms in total. The molecule has 0 bridgehead atoms. The maximum atomic E-state index is 12.1. The summed E-state index contributed by atoms with van der Waals surface area (Å²) in [5.74, 6) is -1.31. The predicted molar refractivity (Wildman–Crippen MR) is 89.4 cm³/mol. The molecule has 3 N–H and O–H groups in total. The molecular formula is C17H20N4O3. The van der Waals surface area contributed by atoms with E-state index in [1.807, 2.05) is 0 Å². The summed E-state index contributed by atoms with van der Waals surface area (Å²) >= 11 is 0. The molecule has 24 heavy (non-hydrogen) atoms. The number of hydrogen-bond donors (Lipinski definition) is 3. The minimum atomic E-state index is -1.19. The minimum absolute atomic E-state index is 0.0733. The van der Waals surface area contributed by atoms with Crippen LogP contribution in [0.15, 0.2) is 30.6 Å². The number of carbonyl (C=O) groups excluding carboxylic acids is 1. The van der Waals surface area contributed by atoms with Gasteiger partial charge in [0.15, 0.2) is 11.4 Å². The van der Waals surface area contributed by atoms with Crippen molar-refractivity contribution >= 4 is 17.6 Å². The van der Waals surface area contributed by atoms with Gasteiger partial charge in [0.2, 0.25) is 0 Å². The third kappa shape index (κ3) is 3.40. The molecule has 1 aromatic carbocycles. The van der Waals surface area contributed by atoms with E-state index < -0.39 is 11.9 Å². The molecule has 1 amide bonds. The number of amides is 1. The summed E-state index contributed by atoms with van der Waals surface area (Å²) in [4.78, 5) is 31.7. The zero-order chi connectivity index (χ0) is 17.1. The molecule has 1 aromatic heterocycles. The maximum Gasteiger partial charge on any atom is 0.354 e. The fraction of sp³-hybridized carbons (Fsp3) is 0.353. The molecule has 0 saturated carbocycles. The van der Waals surface area contributed by atoms with Crippen molar-refractivity contribution in [3.05, 3.63) is 47.5 Å². The average Bonchev–Trinajstić information content (AvgIpc) is 3.22. The average molecular weight is 328 g/mol. The number of carbonyl (C=O) groups is 2. The molecule has 126 valence electrons. The van der Waals surface area contributed by atoms with E-state index in [0.29, 0.717) is 12.5 Å². The van der Waals surface area contributed by atoms with Crippen LogP contribution in [-0.4, -0.2) is 46.6 Å². The van der Waals surface area contributed by atoms with E-state index in [1.54, 1.807) is 0 Å². The molecule has 1 aliphatic heterocycles. The molecule has 1 fully saturated rings. The van der Waals surface area contributed by atoms with E-state index in [-0.39, 0.29) is 11.4 Å². The number of aryl methyl sites for hydroxylation is 1. The maximum absolute atomic E-state index is 12.1. The summed E-state index contributed by atoms with van der Waals surface area (Å²) in [6.07, 6.45) is 2.20. The summed E-state index contributed by atoms with van der Waals surface area (Å²) in [5, 5.41) is 11.8. The van der Waals surface area contributed by atoms with Gasteiger partial charge in [0, 0.05) is 25.3 Å². The van der Waals surface area contributed by atoms with Crippen LogP contribution in [0.5, 0.6) is 0 Å². The Hall–Kier alpha value is -2.83. The largest absolute Gasteiger partial charge is 0.477 e. The van der Waals surface area contributed by atoms with Crippen LogP contribution in [0.2, 0.25) is 0 Å². The number of imidazole rings is 1. The van der Waals surface area contributed by atoms with Crippen LogP contribution in [0.3, 0.4) is 0 Å². The number of carboxylic acid groups (broad SMARTS) is 1. The number of H-pyrrole nitrogens is 1. The van der Waals surface area contributed by atoms with Crippen LogP contribution in [0.4, 0.5) is 5.69 Å². The van der Waals surface area contributed by atoms with Crippen molar-refractivity contribution in [3.8, 4) is 0 Å². The zero-order valence-electron chi connectivity index (χ0n) is 13.5. The van der Waals surface area contributed by atoms with Gasteiger partial charge in [-0.1, -0.05) is 17.7 Å². The predicted octanol–water partition coefficient (Wildman–Crippen LogP) is 1.67. The number of benzene rings is 1. The van der Waals surface area contributed by atoms with Crippen molar-refractivity contribution in [1.82, 2.24) is 15.3 Å². The topological polar surface area (TPSA) is 98.3 Å². The molecule has 0 aliphatic carbocycles. The van der Waals surface area contributed by atoms with Crippen LogP contribution < -0.4 is 10.2 Å². The molecule has 3 rings (SSSR count). The highest BCUT2D eigenvalue weighted by Gasteiger charge is 2.25. The lowest BCUT2D eigenvalue weighted by Gasteiger charge is -2.19. The fourth-order valence-corrected chi connectivity index (χ4v) is 2.94. The molecule has 0 unspecified atom stereocenters. The lowest BCUT2D eigenvalue weighted by Crippen LogP contribution is -2.32. The van der Waals surface area contributed by atoms with E-state index in [9.17, 15) is 9.59 Å². The van der Waals surface area contributed by atoms with Crippen LogP contribution in [0.1, 0.15) is 33.0 Å². The Labute approximate surface area is 139 Å². The molecule has 0 radical (unpaired) electrons. The molecule has 1 atom stereocenters. The summed E-state index contributed by atoms with van der Waals surface area (Å²) < 4.78 is 0. The monoisotopic (exact) mass is 328 g/mol. The van der Waals surface area contributed by atoms with Gasteiger partial charge in [0.25, 0.3) is 5.91 Å². The Morgan fingerprint density at radius 2 is 2.12 bits per heavy atom. The number of aromatic nitrogens is 2. The number of anilines is 1. The van der Waals surface area contributed by atoms with E-state index in [2.05, 4.69) is 51.4 Å². The van der Waals surface area contributed by atoms with Gasteiger partial charge in [-0.05, 0) is 31.4 Å². The second-order valence-corrected chi connectivity index (χ2v) is 6.08. The second kappa shape index (κ2) is 6.74. The fourth-order valence-electron chi connectivity index (χ4n) is 2.94. The Morgan fingerprint density at radius 1 is 1.38 bits per heavy atom. The molecule has 0 spiro atoms. The van der Waals surface area contributed by atoms with Gasteiger partial charge in [-0.3, -0.25) is 4.79 Å². The highest BCUT2D eigenvalue weighted by Crippen LogP contribution is 2.23. The summed E-state index contributed by atoms with van der Waals surface area (Å²) in [5.41, 5.74) is 2.17. The molecule has 2 aromatic rings. The Kier molecular flexibility index (Phi) is 4.50. The van der Waals surface area contributed by atoms with Crippen LogP contribution in [-0.2, 0) is 0 Å². The van der Waals surface area contributed by atoms with Crippen LogP contribution >= 0.6 is 0 Å². The number of aromatic carboxylic acids is 1. The van der Waals surface area contributed by atoms with Crippen molar-refractivity contribution in [2.45, 2.75) is 13.3 Å². The third-order valence-electron chi connectivity index (χ3n) is 4.30. The van der Waals surface area contributed by atoms with Gasteiger partial charge in [0.1, 0.15) is 0 Å². The second-order valence-electron chi connectivity index (χ2n) is 6.08. The Bertz CT molecular complexity index is 739. The highest BCUT2D eigenvalue weighted by molar-refractivity contribution is 6.02. The van der Waals surface area contributed by atoms with Gasteiger partial charge < -0.3 is 20.3 Å². The third-order valence-corrected chi connectivity index (χ3v) is 4.30. The number of carboxylic acids is 1. The van der Waals surface area contributed by atoms with Gasteiger partial charge in [-0.15, -0.1) is 0 Å². The van der Waals surface area contributed by atoms with Gasteiger partial charge in [-0.25, -0.2) is 9.78 Å². The van der Waals surface area contributed by atoms with Crippen molar-refractivity contribution < 1.29 is 14.7 Å². The highest BCUT2D eigenvalue weighted by atomic mass is 16.4. The molecule has 2 heterocycles. The van der Waals surface area contributed by atoms with Gasteiger partial charge in [-0.2, -0.15) is 0 Å². The zero-order valence-corrected chi connectivity index (χ0v) is 13.5. The normalized spacial score (nSPS) is 17.0. The molecular weight excluding hydrogens is 308 g/mol. The van der Waals surface area contributed by atoms with E-state index in [4.69, 9.17) is 5.11 Å². The first-order valence-electron chi connectivity index (χ1n) is 7.91. The Morgan fingerprint density at radius 3 is 2.83 bits per heavy atom. The number of aromatic amines is 1. The smallest absolute Gasteiger partial charge is 0.354 e. The minimum Gasteiger partial charge on any atom is -0.477 e. The first-order chi connectivity index (χ1) is 11.5. The first kappa shape index (κ1) is 16.0. The molecule has 1 aliphatic rings. The van der Waals surface area contributed by atoms with Crippen LogP contribution in [0, 0.1) is 12.8 Å². The quantitative estimate of drug-likeness (QED) is 0.775. The van der Waals surface area contributed by atoms with E-state index in [1.165, 1.54) is 17.6 Å². The van der Waals surface area contributed by atoms with Crippen molar-refractivity contribution in [3.63, 3.8) is 0 Å². The lowest BCUT2D eigenvalue weighted by atomic mass is 10.1. The standard InChI is InChI=1S/C17H20N4O3/c1-11-2-4-13(5-3-11)21-7-6-12(9-21)8-18-16(22)14-15(17(23)24)20-10-19-14/h2-5,10,12H,6-9H2,1H3,(H,18,22)(H,19,20)(H,23,24)/t12-/m1/s1. The molecule has 7 heteroatoms. The van der Waals surface area contributed by atoms with Crippen molar-refractivity contribution in [1.29, 1.82) is 0 Å². The van der Waals surface area contributed by atoms with E-state index >= 15 is 0 Å². The number of hydrogen-bond acceptors (Lipinski definition) is 4. The van der Waals surface area contributed by atoms with Crippen molar-refractivity contribution in [2.75, 3.05) is 24.5 Å². The SMILES string of the molecule is Cc1ccc(N2CC[C@H](CNC(=O)c3nc[nH]c3C(=O)O)C2)cc1. The summed E-state index contributed by atoms with van der Waals surface area (Å²) in [6.45, 7) is 4.39. The number of nitrogens with one attached hydrogen (secondary N) is 2. The summed E-state index contributed by atoms with van der Waals surface area (Å²) in [6, 6.07) is 8.41. The Balaban J connectivity index is 1.54. The van der Waals surface area contributed by atoms with E-state index in [0.717, 1.165) is 19.5 Å². The molecule has 1 saturated heterocycles. The number of nitrogens with zero attached hydrogens (tertiary/aromatic N) is 2. The lowest BCUT2D eigenvalue weighted by molar-refractivity contribution is 0.0685. The first-order valence-corrected chi connectivity index (χ1v) is 7.91.